The smallest absolute Gasteiger partial charge is 0.332 e. The van der Waals surface area contributed by atoms with Gasteiger partial charge in [-0.2, -0.15) is 0 Å². The quantitative estimate of drug-likeness (QED) is 0.456. The van der Waals surface area contributed by atoms with E-state index in [2.05, 4.69) is 10.0 Å². The minimum Gasteiger partial charge on any atom is -0.382 e. The van der Waals surface area contributed by atoms with E-state index in [-0.39, 0.29) is 12.2 Å². The topological polar surface area (TPSA) is 111 Å². The molecule has 0 N–H and O–H groups in total. The van der Waals surface area contributed by atoms with Crippen molar-refractivity contribution >= 4 is 0 Å². The van der Waals surface area contributed by atoms with Gasteiger partial charge in [0.05, 0.1) is 18.8 Å². The summed E-state index contributed by atoms with van der Waals surface area (Å²) in [5.41, 5.74) is 8.23. The fraction of sp³-hybridized carbons (Fsp3) is 0.667. The summed E-state index contributed by atoms with van der Waals surface area (Å²) in [5.74, 6) is 0. The first-order valence-corrected chi connectivity index (χ1v) is 6.47. The van der Waals surface area contributed by atoms with Crippen LogP contribution in [0.3, 0.4) is 0 Å². The number of aromatic nitrogens is 2. The van der Waals surface area contributed by atoms with Gasteiger partial charge in [0, 0.05) is 37.3 Å². The molecule has 3 atom stereocenters. The second kappa shape index (κ2) is 6.13. The van der Waals surface area contributed by atoms with Gasteiger partial charge in [-0.25, -0.2) is 4.79 Å². The maximum atomic E-state index is 12.2. The predicted octanol–water partition coefficient (Wildman–Crippen LogP) is 0.468. The molecule has 0 radical (unpaired) electrons. The zero-order valence-corrected chi connectivity index (χ0v) is 12.1. The minimum absolute atomic E-state index is 0.264. The van der Waals surface area contributed by atoms with Crippen molar-refractivity contribution in [3.63, 3.8) is 0 Å². The number of methoxy groups -OCH3 is 1. The second-order valence-electron chi connectivity index (χ2n) is 4.96. The molecule has 0 amide bonds. The first kappa shape index (κ1) is 15.3. The van der Waals surface area contributed by atoms with Crippen LogP contribution in [0.1, 0.15) is 18.2 Å². The van der Waals surface area contributed by atoms with Crippen LogP contribution in [-0.2, 0) is 16.5 Å². The van der Waals surface area contributed by atoms with Crippen molar-refractivity contribution in [3.8, 4) is 0 Å². The maximum absolute atomic E-state index is 12.2. The number of aryl methyl sites for hydroxylation is 1. The highest BCUT2D eigenvalue weighted by molar-refractivity contribution is 5.03. The molecule has 114 valence electrons. The Hall–Kier alpha value is -2.09. The van der Waals surface area contributed by atoms with E-state index in [1.807, 2.05) is 0 Å². The largest absolute Gasteiger partial charge is 0.382 e. The van der Waals surface area contributed by atoms with Crippen molar-refractivity contribution in [2.45, 2.75) is 31.7 Å². The minimum atomic E-state index is -0.585. The first-order chi connectivity index (χ1) is 9.99. The molecule has 1 fully saturated rings. The Balaban J connectivity index is 2.38. The zero-order valence-electron chi connectivity index (χ0n) is 12.1. The molecule has 1 aliphatic rings. The van der Waals surface area contributed by atoms with Crippen LogP contribution < -0.4 is 11.2 Å². The zero-order chi connectivity index (χ0) is 15.6. The number of azide groups is 1. The molecule has 0 aliphatic carbocycles. The summed E-state index contributed by atoms with van der Waals surface area (Å²) in [6.07, 6.45) is 0.826. The molecule has 1 aromatic heterocycles. The third-order valence-electron chi connectivity index (χ3n) is 3.53. The lowest BCUT2D eigenvalue weighted by molar-refractivity contribution is -0.0365. The van der Waals surface area contributed by atoms with E-state index in [1.54, 1.807) is 6.92 Å². The third-order valence-corrected chi connectivity index (χ3v) is 3.53. The monoisotopic (exact) mass is 295 g/mol. The standard InChI is InChI=1S/C12H17N5O4/c1-7-5-17(12(19)16(2)11(7)18)10-4-8(14-15-13)9(21-10)6-20-3/h5,8-10H,4,6H2,1-3H3/t8-,9+,10+/m0/s1. The van der Waals surface area contributed by atoms with Crippen LogP contribution in [0.4, 0.5) is 0 Å². The summed E-state index contributed by atoms with van der Waals surface area (Å²) in [7, 11) is 2.94. The normalized spacial score (nSPS) is 24.8. The average molecular weight is 295 g/mol. The molecule has 0 saturated carbocycles. The number of rotatable bonds is 4. The number of nitrogens with zero attached hydrogens (tertiary/aromatic N) is 5. The van der Waals surface area contributed by atoms with Crippen LogP contribution in [0, 0.1) is 6.92 Å². The van der Waals surface area contributed by atoms with Crippen molar-refractivity contribution in [2.24, 2.45) is 12.2 Å². The lowest BCUT2D eigenvalue weighted by Gasteiger charge is -2.17. The molecule has 2 rings (SSSR count). The lowest BCUT2D eigenvalue weighted by atomic mass is 10.1. The van der Waals surface area contributed by atoms with Crippen LogP contribution in [0.15, 0.2) is 20.9 Å². The Morgan fingerprint density at radius 1 is 1.57 bits per heavy atom. The van der Waals surface area contributed by atoms with Crippen molar-refractivity contribution in [2.75, 3.05) is 13.7 Å². The van der Waals surface area contributed by atoms with E-state index in [0.29, 0.717) is 12.0 Å². The molecule has 9 nitrogen and oxygen atoms in total. The SMILES string of the molecule is COC[C@H]1O[C@@H](n2cc(C)c(=O)n(C)c2=O)C[C@@H]1N=[N+]=[N-]. The molecule has 9 heteroatoms. The molecule has 0 spiro atoms. The Labute approximate surface area is 120 Å². The molecule has 0 aromatic carbocycles. The van der Waals surface area contributed by atoms with Crippen LogP contribution >= 0.6 is 0 Å². The summed E-state index contributed by atoms with van der Waals surface area (Å²) in [6, 6.07) is -0.413. The van der Waals surface area contributed by atoms with Gasteiger partial charge in [-0.3, -0.25) is 13.9 Å². The Morgan fingerprint density at radius 3 is 2.90 bits per heavy atom. The summed E-state index contributed by atoms with van der Waals surface area (Å²) < 4.78 is 13.2. The second-order valence-corrected chi connectivity index (χ2v) is 4.96. The van der Waals surface area contributed by atoms with Gasteiger partial charge in [0.1, 0.15) is 6.23 Å². The van der Waals surface area contributed by atoms with E-state index in [9.17, 15) is 9.59 Å². The van der Waals surface area contributed by atoms with E-state index >= 15 is 0 Å². The summed E-state index contributed by atoms with van der Waals surface area (Å²) >= 11 is 0. The van der Waals surface area contributed by atoms with Gasteiger partial charge in [-0.1, -0.05) is 5.11 Å². The summed E-state index contributed by atoms with van der Waals surface area (Å²) in [6.45, 7) is 1.89. The fourth-order valence-corrected chi connectivity index (χ4v) is 2.44. The molecular formula is C12H17N5O4. The van der Waals surface area contributed by atoms with Gasteiger partial charge >= 0.3 is 5.69 Å². The van der Waals surface area contributed by atoms with Gasteiger partial charge in [0.15, 0.2) is 0 Å². The van der Waals surface area contributed by atoms with E-state index in [0.717, 1.165) is 4.57 Å². The van der Waals surface area contributed by atoms with Crippen molar-refractivity contribution in [1.29, 1.82) is 0 Å². The molecular weight excluding hydrogens is 278 g/mol. The average Bonchev–Trinajstić information content (AvgIpc) is 2.84. The molecule has 1 aromatic rings. The van der Waals surface area contributed by atoms with Crippen molar-refractivity contribution in [1.82, 2.24) is 9.13 Å². The predicted molar refractivity (Wildman–Crippen MR) is 74.0 cm³/mol. The van der Waals surface area contributed by atoms with E-state index in [1.165, 1.54) is 24.9 Å². The van der Waals surface area contributed by atoms with Crippen molar-refractivity contribution < 1.29 is 9.47 Å². The molecule has 21 heavy (non-hydrogen) atoms. The number of ether oxygens (including phenoxy) is 2. The highest BCUT2D eigenvalue weighted by atomic mass is 16.5. The van der Waals surface area contributed by atoms with Gasteiger partial charge in [0.2, 0.25) is 0 Å². The number of hydrogen-bond donors (Lipinski definition) is 0. The lowest BCUT2D eigenvalue weighted by Crippen LogP contribution is -2.40. The maximum Gasteiger partial charge on any atom is 0.332 e. The Bertz CT molecular complexity index is 688. The van der Waals surface area contributed by atoms with Gasteiger partial charge < -0.3 is 9.47 Å². The van der Waals surface area contributed by atoms with E-state index < -0.39 is 24.1 Å². The Morgan fingerprint density at radius 2 is 2.29 bits per heavy atom. The molecule has 0 bridgehead atoms. The molecule has 1 saturated heterocycles. The van der Waals surface area contributed by atoms with Crippen LogP contribution in [0.25, 0.3) is 10.4 Å². The van der Waals surface area contributed by atoms with Gasteiger partial charge in [0.25, 0.3) is 5.56 Å². The molecule has 2 heterocycles. The van der Waals surface area contributed by atoms with Gasteiger partial charge in [-0.15, -0.1) is 0 Å². The number of hydrogen-bond acceptors (Lipinski definition) is 5. The summed E-state index contributed by atoms with van der Waals surface area (Å²) in [4.78, 5) is 26.7. The molecule has 1 aliphatic heterocycles. The Kier molecular flexibility index (Phi) is 4.46. The highest BCUT2D eigenvalue weighted by Crippen LogP contribution is 2.30. The van der Waals surface area contributed by atoms with Crippen molar-refractivity contribution in [3.05, 3.63) is 43.0 Å². The van der Waals surface area contributed by atoms with Crippen LogP contribution in [0.5, 0.6) is 0 Å². The molecule has 0 unspecified atom stereocenters. The van der Waals surface area contributed by atoms with Gasteiger partial charge in [-0.05, 0) is 12.5 Å². The van der Waals surface area contributed by atoms with E-state index in [4.69, 9.17) is 15.0 Å². The van der Waals surface area contributed by atoms with Crippen LogP contribution in [0.2, 0.25) is 0 Å². The first-order valence-electron chi connectivity index (χ1n) is 6.47. The summed E-state index contributed by atoms with van der Waals surface area (Å²) in [5, 5.41) is 3.68. The van der Waals surface area contributed by atoms with Crippen LogP contribution in [-0.4, -0.2) is 35.0 Å². The third kappa shape index (κ3) is 2.85. The highest BCUT2D eigenvalue weighted by Gasteiger charge is 2.36. The fourth-order valence-electron chi connectivity index (χ4n) is 2.44.